The highest BCUT2D eigenvalue weighted by Crippen LogP contribution is 2.74. The van der Waals surface area contributed by atoms with Gasteiger partial charge in [-0.25, -0.2) is 4.98 Å². The number of aromatic nitrogens is 3. The van der Waals surface area contributed by atoms with Gasteiger partial charge in [0.25, 0.3) is 0 Å². The third-order valence-corrected chi connectivity index (χ3v) is 14.1. The van der Waals surface area contributed by atoms with Crippen molar-refractivity contribution in [2.24, 2.45) is 56.5 Å². The first kappa shape index (κ1) is 32.4. The van der Waals surface area contributed by atoms with Gasteiger partial charge in [0.1, 0.15) is 18.1 Å². The maximum absolute atomic E-state index is 14.8. The van der Waals surface area contributed by atoms with Crippen LogP contribution in [0.25, 0.3) is 11.4 Å². The molecule has 2 aromatic rings. The van der Waals surface area contributed by atoms with Crippen LogP contribution in [-0.2, 0) is 9.59 Å². The second kappa shape index (κ2) is 10.4. The van der Waals surface area contributed by atoms with E-state index in [1.165, 1.54) is 6.20 Å². The smallest absolute Gasteiger partial charge is 0.250 e. The number of carbonyl (C=O) groups is 4. The Morgan fingerprint density at radius 2 is 1.71 bits per heavy atom. The summed E-state index contributed by atoms with van der Waals surface area (Å²) in [7, 11) is 0. The van der Waals surface area contributed by atoms with E-state index in [2.05, 4.69) is 50.7 Å². The Morgan fingerprint density at radius 3 is 2.38 bits per heavy atom. The highest BCUT2D eigenvalue weighted by atomic mass is 16.2. The van der Waals surface area contributed by atoms with E-state index in [9.17, 15) is 24.4 Å². The van der Waals surface area contributed by atoms with Crippen LogP contribution in [0.4, 0.5) is 0 Å². The van der Waals surface area contributed by atoms with E-state index in [0.29, 0.717) is 29.8 Å². The van der Waals surface area contributed by atoms with Crippen LogP contribution >= 0.6 is 0 Å². The van der Waals surface area contributed by atoms with Crippen molar-refractivity contribution in [3.8, 4) is 17.5 Å². The van der Waals surface area contributed by atoms with E-state index in [4.69, 9.17) is 5.73 Å². The second-order valence-corrected chi connectivity index (χ2v) is 16.8. The number of amides is 1. The highest BCUT2D eigenvalue weighted by molar-refractivity contribution is 6.02. The summed E-state index contributed by atoms with van der Waals surface area (Å²) in [6.07, 6.45) is 13.9. The van der Waals surface area contributed by atoms with Gasteiger partial charge < -0.3 is 5.73 Å². The fraction of sp³-hybridized carbons (Fsp3) is 0.564. The van der Waals surface area contributed by atoms with Crippen LogP contribution in [0.2, 0.25) is 0 Å². The summed E-state index contributed by atoms with van der Waals surface area (Å²) in [4.78, 5) is 63.1. The molecule has 1 amide bonds. The Labute approximate surface area is 282 Å². The fourth-order valence-electron chi connectivity index (χ4n) is 11.1. The van der Waals surface area contributed by atoms with Crippen molar-refractivity contribution >= 4 is 23.4 Å². The molecule has 3 saturated carbocycles. The molecule has 5 aliphatic carbocycles. The van der Waals surface area contributed by atoms with Crippen molar-refractivity contribution in [2.75, 3.05) is 0 Å². The summed E-state index contributed by atoms with van der Waals surface area (Å²) in [5.41, 5.74) is 5.93. The van der Waals surface area contributed by atoms with Gasteiger partial charge in [0.2, 0.25) is 11.8 Å². The minimum atomic E-state index is -0.723. The molecule has 9 nitrogen and oxygen atoms in total. The molecule has 8 atom stereocenters. The maximum atomic E-state index is 14.8. The molecule has 0 spiro atoms. The largest absolute Gasteiger partial charge is 0.366 e. The predicted octanol–water partition coefficient (Wildman–Crippen LogP) is 6.51. The molecule has 2 N–H and O–H groups in total. The normalized spacial score (nSPS) is 38.3. The minimum Gasteiger partial charge on any atom is -0.366 e. The molecule has 3 fully saturated rings. The Bertz CT molecular complexity index is 1880. The van der Waals surface area contributed by atoms with E-state index in [1.807, 2.05) is 19.1 Å². The van der Waals surface area contributed by atoms with Crippen LogP contribution in [0.15, 0.2) is 54.2 Å². The summed E-state index contributed by atoms with van der Waals surface area (Å²) < 4.78 is 1.59. The number of Topliss-reactive ketones (excluding diaryl/α,β-unsaturated/α-hetero) is 1. The predicted molar refractivity (Wildman–Crippen MR) is 179 cm³/mol. The van der Waals surface area contributed by atoms with Crippen LogP contribution < -0.4 is 5.73 Å². The third-order valence-electron chi connectivity index (χ3n) is 14.1. The molecular weight excluding hydrogens is 602 g/mol. The monoisotopic (exact) mass is 647 g/mol. The van der Waals surface area contributed by atoms with Crippen LogP contribution in [0.5, 0.6) is 0 Å². The zero-order chi connectivity index (χ0) is 34.6. The molecule has 0 radical (unpaired) electrons. The first-order valence-electron chi connectivity index (χ1n) is 17.3. The lowest BCUT2D eigenvalue weighted by Crippen LogP contribution is -2.65. The number of primary amides is 1. The van der Waals surface area contributed by atoms with E-state index in [1.54, 1.807) is 29.2 Å². The van der Waals surface area contributed by atoms with Gasteiger partial charge in [-0.1, -0.05) is 53.2 Å². The summed E-state index contributed by atoms with van der Waals surface area (Å²) in [6, 6.07) is 5.43. The van der Waals surface area contributed by atoms with Crippen molar-refractivity contribution in [1.82, 2.24) is 14.5 Å². The first-order chi connectivity index (χ1) is 22.5. The zero-order valence-electron chi connectivity index (χ0n) is 28.8. The lowest BCUT2D eigenvalue weighted by Gasteiger charge is -2.68. The molecule has 0 aliphatic heterocycles. The Hall–Kier alpha value is -4.19. The van der Waals surface area contributed by atoms with Crippen molar-refractivity contribution in [3.63, 3.8) is 0 Å². The Balaban J connectivity index is 1.30. The van der Waals surface area contributed by atoms with Gasteiger partial charge in [0, 0.05) is 29.6 Å². The lowest BCUT2D eigenvalue weighted by molar-refractivity contribution is -0.162. The number of nitriles is 1. The van der Waals surface area contributed by atoms with Gasteiger partial charge in [-0.3, -0.25) is 28.7 Å². The number of imidazole rings is 1. The quantitative estimate of drug-likeness (QED) is 0.399. The summed E-state index contributed by atoms with van der Waals surface area (Å²) in [6.45, 7) is 13.2. The standard InChI is InChI=1S/C39H45N5O4/c1-22-25-9-10-37(5)30(36(25,4)16-24(18-40)32(22)46)15-29(45)31-26-17-35(2,3)11-13-39(26,14-12-38(31,37)6)34(48)44-20-28(43-21-44)27-8-7-23(19-42-27)33(41)47/h7-8,15-16,19-22,25-26,31H,9-14,17H2,1-6H3,(H2,41,47). The number of pyridine rings is 1. The summed E-state index contributed by atoms with van der Waals surface area (Å²) in [5.74, 6) is -1.35. The Kier molecular flexibility index (Phi) is 7.01. The number of nitrogens with zero attached hydrogens (tertiary/aromatic N) is 4. The van der Waals surface area contributed by atoms with E-state index < -0.39 is 22.2 Å². The maximum Gasteiger partial charge on any atom is 0.250 e. The molecule has 250 valence electrons. The van der Waals surface area contributed by atoms with E-state index in [0.717, 1.165) is 37.7 Å². The van der Waals surface area contributed by atoms with Gasteiger partial charge in [-0.15, -0.1) is 0 Å². The molecule has 5 aliphatic rings. The second-order valence-electron chi connectivity index (χ2n) is 16.8. The van der Waals surface area contributed by atoms with Gasteiger partial charge >= 0.3 is 0 Å². The number of hydrogen-bond donors (Lipinski definition) is 1. The molecule has 7 rings (SSSR count). The number of hydrogen-bond acceptors (Lipinski definition) is 7. The van der Waals surface area contributed by atoms with Crippen molar-refractivity contribution < 1.29 is 19.2 Å². The number of carbonyl (C=O) groups excluding carboxylic acids is 4. The number of ketones is 2. The Morgan fingerprint density at radius 1 is 0.979 bits per heavy atom. The summed E-state index contributed by atoms with van der Waals surface area (Å²) in [5, 5.41) is 9.90. The molecule has 0 aromatic carbocycles. The van der Waals surface area contributed by atoms with Crippen molar-refractivity contribution in [1.29, 1.82) is 5.26 Å². The third kappa shape index (κ3) is 4.26. The van der Waals surface area contributed by atoms with Gasteiger partial charge in [0.05, 0.1) is 22.2 Å². The van der Waals surface area contributed by atoms with Crippen molar-refractivity contribution in [3.05, 3.63) is 59.7 Å². The van der Waals surface area contributed by atoms with E-state index in [-0.39, 0.29) is 57.5 Å². The minimum absolute atomic E-state index is 0.0258. The molecule has 48 heavy (non-hydrogen) atoms. The molecule has 9 heteroatoms. The van der Waals surface area contributed by atoms with Gasteiger partial charge in [-0.05, 0) is 91.2 Å². The van der Waals surface area contributed by atoms with Crippen LogP contribution in [0.1, 0.15) is 102 Å². The van der Waals surface area contributed by atoms with Crippen LogP contribution in [0, 0.1) is 62.1 Å². The molecule has 0 bridgehead atoms. The molecule has 0 saturated heterocycles. The van der Waals surface area contributed by atoms with Crippen LogP contribution in [-0.4, -0.2) is 37.9 Å². The molecule has 2 aromatic heterocycles. The fourth-order valence-corrected chi connectivity index (χ4v) is 11.1. The number of rotatable bonds is 3. The van der Waals surface area contributed by atoms with Crippen molar-refractivity contribution in [2.45, 2.75) is 86.5 Å². The lowest BCUT2D eigenvalue weighted by atomic mass is 9.34. The van der Waals surface area contributed by atoms with Gasteiger partial charge in [0.15, 0.2) is 11.6 Å². The average molecular weight is 648 g/mol. The highest BCUT2D eigenvalue weighted by Gasteiger charge is 2.70. The number of fused-ring (bicyclic) bond motifs is 7. The van der Waals surface area contributed by atoms with Gasteiger partial charge in [-0.2, -0.15) is 5.26 Å². The molecule has 2 heterocycles. The first-order valence-corrected chi connectivity index (χ1v) is 17.3. The summed E-state index contributed by atoms with van der Waals surface area (Å²) >= 11 is 0. The topological polar surface area (TPSA) is 149 Å². The van der Waals surface area contributed by atoms with E-state index >= 15 is 0 Å². The van der Waals surface area contributed by atoms with Crippen LogP contribution in [0.3, 0.4) is 0 Å². The average Bonchev–Trinajstić information content (AvgIpc) is 3.54. The number of nitrogens with two attached hydrogens (primary N) is 1. The molecule has 8 unspecified atom stereocenters. The SMILES string of the molecule is CC1C(=O)C(C#N)=CC2(C)C3=CC(=O)C4C5CC(C)(C)CCC5(C(=O)n5cnc(-c6ccc(C(N)=O)cn6)c5)CCC4(C)C3(C)CCC12. The number of allylic oxidation sites excluding steroid dienone is 4. The zero-order valence-corrected chi connectivity index (χ0v) is 28.8. The molecular formula is C39H45N5O4.